The normalized spacial score (nSPS) is 10.8. The van der Waals surface area contributed by atoms with Gasteiger partial charge in [-0.05, 0) is 42.0 Å². The lowest BCUT2D eigenvalue weighted by atomic mass is 10.2. The molecule has 0 atom stereocenters. The van der Waals surface area contributed by atoms with Gasteiger partial charge in [-0.3, -0.25) is 4.99 Å². The maximum Gasteiger partial charge on any atom is 0.0630 e. The number of anilines is 1. The Morgan fingerprint density at radius 3 is 2.11 bits per heavy atom. The molecule has 0 saturated carbocycles. The second kappa shape index (κ2) is 5.83. The average Bonchev–Trinajstić information content (AvgIpc) is 2.38. The van der Waals surface area contributed by atoms with Crippen LogP contribution in [0.1, 0.15) is 5.56 Å². The van der Waals surface area contributed by atoms with E-state index in [0.717, 1.165) is 15.7 Å². The van der Waals surface area contributed by atoms with Crippen molar-refractivity contribution in [1.29, 1.82) is 0 Å². The molecule has 0 aliphatic rings. The summed E-state index contributed by atoms with van der Waals surface area (Å²) in [6, 6.07) is 16.2. The molecule has 2 aromatic carbocycles. The molecule has 2 aromatic rings. The van der Waals surface area contributed by atoms with Crippen LogP contribution in [0.5, 0.6) is 0 Å². The van der Waals surface area contributed by atoms with E-state index in [4.69, 9.17) is 0 Å². The van der Waals surface area contributed by atoms with Gasteiger partial charge >= 0.3 is 0 Å². The van der Waals surface area contributed by atoms with E-state index in [1.54, 1.807) is 0 Å². The summed E-state index contributed by atoms with van der Waals surface area (Å²) >= 11 is 3.41. The number of hydrogen-bond acceptors (Lipinski definition) is 2. The van der Waals surface area contributed by atoms with Crippen LogP contribution in [-0.2, 0) is 0 Å². The fourth-order valence-electron chi connectivity index (χ4n) is 1.53. The van der Waals surface area contributed by atoms with Crippen molar-refractivity contribution in [2.24, 2.45) is 4.99 Å². The Bertz CT molecular complexity index is 527. The van der Waals surface area contributed by atoms with Crippen LogP contribution < -0.4 is 4.90 Å². The molecule has 2 rings (SSSR count). The van der Waals surface area contributed by atoms with E-state index in [0.29, 0.717) is 0 Å². The Morgan fingerprint density at radius 2 is 1.56 bits per heavy atom. The van der Waals surface area contributed by atoms with Crippen LogP contribution >= 0.6 is 15.9 Å². The molecule has 18 heavy (non-hydrogen) atoms. The molecule has 3 heteroatoms. The summed E-state index contributed by atoms with van der Waals surface area (Å²) in [5.74, 6) is 0. The second-order valence-corrected chi connectivity index (χ2v) is 5.14. The van der Waals surface area contributed by atoms with Crippen LogP contribution in [-0.4, -0.2) is 20.3 Å². The van der Waals surface area contributed by atoms with Gasteiger partial charge in [0.25, 0.3) is 0 Å². The molecule has 0 spiro atoms. The minimum atomic E-state index is 0.954. The number of benzene rings is 2. The van der Waals surface area contributed by atoms with Crippen LogP contribution in [0, 0.1) is 0 Å². The SMILES string of the molecule is CN(C)c1ccc(C=Nc2ccc(Br)cc2)cc1. The molecular formula is C15H15BrN2. The van der Waals surface area contributed by atoms with Crippen molar-refractivity contribution in [2.75, 3.05) is 19.0 Å². The van der Waals surface area contributed by atoms with E-state index >= 15 is 0 Å². The van der Waals surface area contributed by atoms with Gasteiger partial charge < -0.3 is 4.90 Å². The van der Waals surface area contributed by atoms with Crippen LogP contribution in [0.4, 0.5) is 11.4 Å². The minimum Gasteiger partial charge on any atom is -0.378 e. The Labute approximate surface area is 116 Å². The predicted octanol–water partition coefficient (Wildman–Crippen LogP) is 4.27. The van der Waals surface area contributed by atoms with Crippen LogP contribution in [0.2, 0.25) is 0 Å². The summed E-state index contributed by atoms with van der Waals surface area (Å²) in [7, 11) is 4.07. The third-order valence-electron chi connectivity index (χ3n) is 2.60. The predicted molar refractivity (Wildman–Crippen MR) is 82.2 cm³/mol. The first-order chi connectivity index (χ1) is 8.65. The number of rotatable bonds is 3. The van der Waals surface area contributed by atoms with Crippen molar-refractivity contribution in [3.63, 3.8) is 0 Å². The third kappa shape index (κ3) is 3.44. The zero-order valence-electron chi connectivity index (χ0n) is 10.5. The van der Waals surface area contributed by atoms with E-state index in [1.165, 1.54) is 5.69 Å². The van der Waals surface area contributed by atoms with Gasteiger partial charge in [-0.2, -0.15) is 0 Å². The van der Waals surface area contributed by atoms with Crippen LogP contribution in [0.3, 0.4) is 0 Å². The summed E-state index contributed by atoms with van der Waals surface area (Å²) in [5.41, 5.74) is 3.24. The second-order valence-electron chi connectivity index (χ2n) is 4.22. The van der Waals surface area contributed by atoms with Crippen molar-refractivity contribution in [3.8, 4) is 0 Å². The van der Waals surface area contributed by atoms with Gasteiger partial charge in [0.15, 0.2) is 0 Å². The van der Waals surface area contributed by atoms with Gasteiger partial charge in [-0.15, -0.1) is 0 Å². The molecule has 0 N–H and O–H groups in total. The molecule has 0 aliphatic heterocycles. The standard InChI is InChI=1S/C15H15BrN2/c1-18(2)15-9-3-12(4-10-15)11-17-14-7-5-13(16)6-8-14/h3-11H,1-2H3. The average molecular weight is 303 g/mol. The van der Waals surface area contributed by atoms with E-state index in [9.17, 15) is 0 Å². The van der Waals surface area contributed by atoms with E-state index < -0.39 is 0 Å². The summed E-state index contributed by atoms with van der Waals surface area (Å²) < 4.78 is 1.07. The van der Waals surface area contributed by atoms with Gasteiger partial charge in [0.05, 0.1) is 5.69 Å². The molecule has 0 radical (unpaired) electrons. The molecule has 92 valence electrons. The maximum absolute atomic E-state index is 4.43. The van der Waals surface area contributed by atoms with E-state index in [-0.39, 0.29) is 0 Å². The third-order valence-corrected chi connectivity index (χ3v) is 3.13. The number of aliphatic imine (C=N–C) groups is 1. The van der Waals surface area contributed by atoms with Crippen molar-refractivity contribution >= 4 is 33.5 Å². The Morgan fingerprint density at radius 1 is 0.944 bits per heavy atom. The molecule has 0 unspecified atom stereocenters. The number of nitrogens with zero attached hydrogens (tertiary/aromatic N) is 2. The zero-order chi connectivity index (χ0) is 13.0. The lowest BCUT2D eigenvalue weighted by molar-refractivity contribution is 1.13. The molecule has 0 aromatic heterocycles. The Hall–Kier alpha value is -1.61. The first-order valence-corrected chi connectivity index (χ1v) is 6.51. The summed E-state index contributed by atoms with van der Waals surface area (Å²) in [5, 5.41) is 0. The van der Waals surface area contributed by atoms with E-state index in [1.807, 2.05) is 44.6 Å². The summed E-state index contributed by atoms with van der Waals surface area (Å²) in [4.78, 5) is 6.51. The first-order valence-electron chi connectivity index (χ1n) is 5.72. The van der Waals surface area contributed by atoms with Gasteiger partial charge in [-0.25, -0.2) is 0 Å². The molecule has 0 fully saturated rings. The number of hydrogen-bond donors (Lipinski definition) is 0. The van der Waals surface area contributed by atoms with Gasteiger partial charge in [0, 0.05) is 30.5 Å². The Balaban J connectivity index is 2.11. The fraction of sp³-hybridized carbons (Fsp3) is 0.133. The van der Waals surface area contributed by atoms with Crippen molar-refractivity contribution in [3.05, 3.63) is 58.6 Å². The van der Waals surface area contributed by atoms with Crippen molar-refractivity contribution in [2.45, 2.75) is 0 Å². The molecule has 0 bridgehead atoms. The Kier molecular flexibility index (Phi) is 4.15. The van der Waals surface area contributed by atoms with Crippen LogP contribution in [0.25, 0.3) is 0 Å². The quantitative estimate of drug-likeness (QED) is 0.773. The van der Waals surface area contributed by atoms with Crippen molar-refractivity contribution in [1.82, 2.24) is 0 Å². The van der Waals surface area contributed by atoms with Gasteiger partial charge in [0.2, 0.25) is 0 Å². The summed E-state index contributed by atoms with van der Waals surface area (Å²) in [6.07, 6.45) is 1.88. The molecule has 0 saturated heterocycles. The van der Waals surface area contributed by atoms with Gasteiger partial charge in [-0.1, -0.05) is 28.1 Å². The van der Waals surface area contributed by atoms with E-state index in [2.05, 4.69) is 50.1 Å². The fourth-order valence-corrected chi connectivity index (χ4v) is 1.80. The monoisotopic (exact) mass is 302 g/mol. The lowest BCUT2D eigenvalue weighted by Crippen LogP contribution is -2.08. The lowest BCUT2D eigenvalue weighted by Gasteiger charge is -2.11. The highest BCUT2D eigenvalue weighted by molar-refractivity contribution is 9.10. The smallest absolute Gasteiger partial charge is 0.0630 e. The molecule has 2 nitrogen and oxygen atoms in total. The highest BCUT2D eigenvalue weighted by Crippen LogP contribution is 2.17. The topological polar surface area (TPSA) is 15.6 Å². The van der Waals surface area contributed by atoms with Crippen LogP contribution in [0.15, 0.2) is 58.0 Å². The summed E-state index contributed by atoms with van der Waals surface area (Å²) in [6.45, 7) is 0. The minimum absolute atomic E-state index is 0.954. The molecule has 0 amide bonds. The largest absolute Gasteiger partial charge is 0.378 e. The highest BCUT2D eigenvalue weighted by atomic mass is 79.9. The molecule has 0 aliphatic carbocycles. The van der Waals surface area contributed by atoms with Crippen molar-refractivity contribution < 1.29 is 0 Å². The maximum atomic E-state index is 4.43. The molecule has 0 heterocycles. The zero-order valence-corrected chi connectivity index (χ0v) is 12.1. The first kappa shape index (κ1) is 12.8. The molecular weight excluding hydrogens is 288 g/mol. The van der Waals surface area contributed by atoms with Gasteiger partial charge in [0.1, 0.15) is 0 Å². The number of halogens is 1. The highest BCUT2D eigenvalue weighted by Gasteiger charge is 1.94.